The predicted molar refractivity (Wildman–Crippen MR) is 87.5 cm³/mol. The Morgan fingerprint density at radius 2 is 1.86 bits per heavy atom. The molecule has 0 aliphatic heterocycles. The smallest absolute Gasteiger partial charge is 0.353 e. The van der Waals surface area contributed by atoms with Crippen molar-refractivity contribution in [3.8, 4) is 11.8 Å². The Hall–Kier alpha value is -0.720. The van der Waals surface area contributed by atoms with Gasteiger partial charge in [0.05, 0.1) is 14.9 Å². The standard InChI is InChI=1S/C11H4BrCl3F2N4S/c12-11(16,17)22-9-7(3-18)20-21(10(9)19)8-5(14)1-4(13)2-6(8)15/h1-2H,19H2. The zero-order chi connectivity index (χ0) is 16.7. The summed E-state index contributed by atoms with van der Waals surface area (Å²) in [5.74, 6) is -0.188. The van der Waals surface area contributed by atoms with Gasteiger partial charge >= 0.3 is 4.16 Å². The fourth-order valence-electron chi connectivity index (χ4n) is 1.61. The largest absolute Gasteiger partial charge is 0.383 e. The van der Waals surface area contributed by atoms with Gasteiger partial charge in [0.15, 0.2) is 5.69 Å². The number of nitrogen functional groups attached to an aromatic ring is 1. The minimum atomic E-state index is -3.31. The fourth-order valence-corrected chi connectivity index (χ4v) is 3.68. The number of alkyl halides is 3. The molecule has 11 heteroatoms. The van der Waals surface area contributed by atoms with E-state index >= 15 is 0 Å². The van der Waals surface area contributed by atoms with E-state index in [0.29, 0.717) is 0 Å². The summed E-state index contributed by atoms with van der Waals surface area (Å²) >= 11 is 20.1. The van der Waals surface area contributed by atoms with Gasteiger partial charge < -0.3 is 5.73 Å². The number of hydrogen-bond donors (Lipinski definition) is 1. The lowest BCUT2D eigenvalue weighted by molar-refractivity contribution is 0.221. The van der Waals surface area contributed by atoms with Crippen molar-refractivity contribution in [3.05, 3.63) is 32.9 Å². The van der Waals surface area contributed by atoms with Crippen LogP contribution in [0.15, 0.2) is 17.0 Å². The third-order valence-corrected chi connectivity index (χ3v) is 4.51. The molecule has 4 nitrogen and oxygen atoms in total. The van der Waals surface area contributed by atoms with E-state index in [1.54, 1.807) is 6.07 Å². The molecule has 0 aliphatic carbocycles. The summed E-state index contributed by atoms with van der Waals surface area (Å²) in [6.45, 7) is 0. The number of aromatic nitrogens is 2. The first-order valence-corrected chi connectivity index (χ1v) is 8.07. The summed E-state index contributed by atoms with van der Waals surface area (Å²) < 4.78 is 24.0. The number of benzene rings is 1. The highest BCUT2D eigenvalue weighted by atomic mass is 79.9. The zero-order valence-electron chi connectivity index (χ0n) is 10.2. The molecule has 2 aromatic rings. The number of rotatable bonds is 3. The predicted octanol–water partition coefficient (Wildman–Crippen LogP) is 5.32. The summed E-state index contributed by atoms with van der Waals surface area (Å²) in [5, 5.41) is 13.4. The summed E-state index contributed by atoms with van der Waals surface area (Å²) in [4.78, 5) is -0.188. The first kappa shape index (κ1) is 17.6. The van der Waals surface area contributed by atoms with Crippen molar-refractivity contribution >= 4 is 68.3 Å². The van der Waals surface area contributed by atoms with Gasteiger partial charge in [-0.15, -0.1) is 0 Å². The van der Waals surface area contributed by atoms with Crippen LogP contribution in [0.1, 0.15) is 5.69 Å². The molecule has 0 bridgehead atoms. The first-order chi connectivity index (χ1) is 10.1. The molecule has 1 heterocycles. The molecule has 0 saturated carbocycles. The van der Waals surface area contributed by atoms with E-state index in [0.717, 1.165) is 4.68 Å². The van der Waals surface area contributed by atoms with Crippen LogP contribution in [0.25, 0.3) is 5.69 Å². The first-order valence-electron chi connectivity index (χ1n) is 5.33. The Labute approximate surface area is 151 Å². The van der Waals surface area contributed by atoms with Crippen LogP contribution in [0.3, 0.4) is 0 Å². The van der Waals surface area contributed by atoms with Gasteiger partial charge in [0.25, 0.3) is 0 Å². The molecule has 2 rings (SSSR count). The van der Waals surface area contributed by atoms with E-state index in [9.17, 15) is 8.78 Å². The van der Waals surface area contributed by atoms with Gasteiger partial charge in [-0.25, -0.2) is 4.68 Å². The van der Waals surface area contributed by atoms with Gasteiger partial charge in [-0.2, -0.15) is 19.1 Å². The van der Waals surface area contributed by atoms with E-state index in [1.165, 1.54) is 12.1 Å². The molecule has 0 saturated heterocycles. The third kappa shape index (κ3) is 3.60. The monoisotopic (exact) mass is 446 g/mol. The van der Waals surface area contributed by atoms with E-state index in [4.69, 9.17) is 45.8 Å². The highest BCUT2D eigenvalue weighted by Gasteiger charge is 2.31. The zero-order valence-corrected chi connectivity index (χ0v) is 14.9. The van der Waals surface area contributed by atoms with Crippen LogP contribution in [-0.4, -0.2) is 13.9 Å². The van der Waals surface area contributed by atoms with E-state index in [2.05, 4.69) is 21.0 Å². The normalized spacial score (nSPS) is 11.5. The lowest BCUT2D eigenvalue weighted by Crippen LogP contribution is -2.05. The molecule has 0 atom stereocenters. The molecule has 0 radical (unpaired) electrons. The number of thioether (sulfide) groups is 1. The van der Waals surface area contributed by atoms with Crippen LogP contribution in [-0.2, 0) is 0 Å². The van der Waals surface area contributed by atoms with Crippen LogP contribution in [0.2, 0.25) is 15.1 Å². The Morgan fingerprint density at radius 3 is 2.32 bits per heavy atom. The second-order valence-electron chi connectivity index (χ2n) is 3.85. The number of hydrogen-bond acceptors (Lipinski definition) is 4. The second-order valence-corrected chi connectivity index (χ2v) is 7.75. The quantitative estimate of drug-likeness (QED) is 0.510. The molecular weight excluding hydrogens is 444 g/mol. The number of halogens is 6. The second kappa shape index (κ2) is 6.42. The number of nitriles is 1. The van der Waals surface area contributed by atoms with Gasteiger partial charge in [-0.05, 0) is 23.9 Å². The van der Waals surface area contributed by atoms with Crippen molar-refractivity contribution < 1.29 is 8.78 Å². The third-order valence-electron chi connectivity index (χ3n) is 2.39. The average molecular weight is 449 g/mol. The Bertz CT molecular complexity index is 762. The molecule has 0 aliphatic rings. The number of nitrogens with zero attached hydrogens (tertiary/aromatic N) is 3. The molecule has 22 heavy (non-hydrogen) atoms. The lowest BCUT2D eigenvalue weighted by Gasteiger charge is -2.10. The summed E-state index contributed by atoms with van der Waals surface area (Å²) in [5.41, 5.74) is 5.69. The highest BCUT2D eigenvalue weighted by Crippen LogP contribution is 2.45. The molecule has 0 spiro atoms. The molecule has 1 aromatic carbocycles. The van der Waals surface area contributed by atoms with Gasteiger partial charge in [0.2, 0.25) is 0 Å². The lowest BCUT2D eigenvalue weighted by atomic mass is 10.3. The molecular formula is C11H4BrCl3F2N4S. The van der Waals surface area contributed by atoms with Crippen molar-refractivity contribution in [1.29, 1.82) is 5.26 Å². The molecule has 0 amide bonds. The topological polar surface area (TPSA) is 67.6 Å². The van der Waals surface area contributed by atoms with Crippen LogP contribution < -0.4 is 5.73 Å². The molecule has 0 unspecified atom stereocenters. The van der Waals surface area contributed by atoms with Crippen molar-refractivity contribution in [1.82, 2.24) is 9.78 Å². The van der Waals surface area contributed by atoms with Crippen molar-refractivity contribution in [2.45, 2.75) is 9.06 Å². The minimum absolute atomic E-state index is 0.0492. The summed E-state index contributed by atoms with van der Waals surface area (Å²) in [6.07, 6.45) is 0. The fraction of sp³-hybridized carbons (Fsp3) is 0.0909. The number of anilines is 1. The Balaban J connectivity index is 2.67. The SMILES string of the molecule is N#Cc1nn(-c2c(Cl)cc(Cl)cc2Cl)c(N)c1SC(F)(F)Br. The maximum Gasteiger partial charge on any atom is 0.353 e. The van der Waals surface area contributed by atoms with Crippen LogP contribution in [0.5, 0.6) is 0 Å². The summed E-state index contributed by atoms with van der Waals surface area (Å²) in [6, 6.07) is 4.48. The van der Waals surface area contributed by atoms with Gasteiger partial charge in [0, 0.05) is 21.0 Å². The van der Waals surface area contributed by atoms with Crippen LogP contribution in [0, 0.1) is 11.3 Å². The maximum atomic E-state index is 13.1. The van der Waals surface area contributed by atoms with Crippen molar-refractivity contribution in [3.63, 3.8) is 0 Å². The minimum Gasteiger partial charge on any atom is -0.383 e. The number of nitrogens with two attached hydrogens (primary N) is 1. The van der Waals surface area contributed by atoms with Gasteiger partial charge in [-0.1, -0.05) is 34.8 Å². The highest BCUT2D eigenvalue weighted by molar-refractivity contribution is 9.11. The van der Waals surface area contributed by atoms with E-state index in [1.807, 2.05) is 0 Å². The van der Waals surface area contributed by atoms with Crippen molar-refractivity contribution in [2.24, 2.45) is 0 Å². The Morgan fingerprint density at radius 1 is 1.32 bits per heavy atom. The van der Waals surface area contributed by atoms with Crippen LogP contribution in [0.4, 0.5) is 14.6 Å². The molecule has 1 aromatic heterocycles. The maximum absolute atomic E-state index is 13.1. The molecule has 0 fully saturated rings. The van der Waals surface area contributed by atoms with Crippen LogP contribution >= 0.6 is 62.5 Å². The average Bonchev–Trinajstić information content (AvgIpc) is 2.64. The van der Waals surface area contributed by atoms with E-state index < -0.39 is 4.16 Å². The Kier molecular flexibility index (Phi) is 5.14. The van der Waals surface area contributed by atoms with Gasteiger partial charge in [0.1, 0.15) is 17.6 Å². The summed E-state index contributed by atoms with van der Waals surface area (Å²) in [7, 11) is 0. The molecule has 2 N–H and O–H groups in total. The van der Waals surface area contributed by atoms with Gasteiger partial charge in [-0.3, -0.25) is 0 Å². The van der Waals surface area contributed by atoms with E-state index in [-0.39, 0.29) is 48.9 Å². The molecule has 116 valence electrons. The van der Waals surface area contributed by atoms with Crippen molar-refractivity contribution in [2.75, 3.05) is 5.73 Å².